The molecule has 150 valence electrons. The van der Waals surface area contributed by atoms with Crippen LogP contribution < -0.4 is 4.74 Å². The average Bonchev–Trinajstić information content (AvgIpc) is 3.41. The van der Waals surface area contributed by atoms with Crippen LogP contribution in [0.2, 0.25) is 0 Å². The number of hydrogen-bond donors (Lipinski definition) is 2. The van der Waals surface area contributed by atoms with E-state index in [4.69, 9.17) is 9.72 Å². The predicted octanol–water partition coefficient (Wildman–Crippen LogP) is 2.98. The number of nitrogens with one attached hydrogen (secondary N) is 1. The molecule has 0 bridgehead atoms. The summed E-state index contributed by atoms with van der Waals surface area (Å²) in [5.41, 5.74) is 3.79. The smallest absolute Gasteiger partial charge is 0.282 e. The van der Waals surface area contributed by atoms with Crippen LogP contribution in [0.4, 0.5) is 0 Å². The minimum absolute atomic E-state index is 0.0290. The number of carbonyl (C=O) groups excluding carboxylic acids is 1. The van der Waals surface area contributed by atoms with Crippen molar-refractivity contribution in [3.05, 3.63) is 40.5 Å². The van der Waals surface area contributed by atoms with Gasteiger partial charge in [-0.15, -0.1) is 11.3 Å². The van der Waals surface area contributed by atoms with E-state index in [0.29, 0.717) is 18.2 Å². The molecule has 0 aliphatic carbocycles. The number of aromatic amines is 1. The lowest BCUT2D eigenvalue weighted by Crippen LogP contribution is -2.40. The van der Waals surface area contributed by atoms with Crippen LogP contribution in [0, 0.1) is 5.92 Å². The largest absolute Gasteiger partial charge is 0.492 e. The molecule has 8 heteroatoms. The minimum atomic E-state index is -0.0290. The molecule has 7 nitrogen and oxygen atoms in total. The van der Waals surface area contributed by atoms with Crippen molar-refractivity contribution in [2.75, 3.05) is 26.3 Å². The van der Waals surface area contributed by atoms with Crippen molar-refractivity contribution < 1.29 is 14.6 Å². The quantitative estimate of drug-likeness (QED) is 0.693. The van der Waals surface area contributed by atoms with Crippen LogP contribution in [0.25, 0.3) is 22.4 Å². The van der Waals surface area contributed by atoms with E-state index in [1.165, 1.54) is 11.3 Å². The van der Waals surface area contributed by atoms with E-state index < -0.39 is 0 Å². The molecule has 2 aliphatic rings. The SMILES string of the molecule is O=C(c1nc2c(s1)CCOc1cc(-c3cn[nH]c3)ccc1-2)N1CCC[C@@H](CO)C1. The summed E-state index contributed by atoms with van der Waals surface area (Å²) in [6.45, 7) is 2.02. The molecule has 1 saturated heterocycles. The van der Waals surface area contributed by atoms with Crippen molar-refractivity contribution in [1.82, 2.24) is 20.1 Å². The Balaban J connectivity index is 1.46. The second kappa shape index (κ2) is 7.61. The average molecular weight is 410 g/mol. The lowest BCUT2D eigenvalue weighted by molar-refractivity contribution is 0.0620. The highest BCUT2D eigenvalue weighted by Gasteiger charge is 2.28. The number of benzene rings is 1. The molecule has 0 unspecified atom stereocenters. The number of thiazole rings is 1. The van der Waals surface area contributed by atoms with Crippen LogP contribution in [0.3, 0.4) is 0 Å². The summed E-state index contributed by atoms with van der Waals surface area (Å²) in [5.74, 6) is 0.921. The van der Waals surface area contributed by atoms with Crippen LogP contribution >= 0.6 is 11.3 Å². The highest BCUT2D eigenvalue weighted by Crippen LogP contribution is 2.40. The summed E-state index contributed by atoms with van der Waals surface area (Å²) in [6.07, 6.45) is 6.26. The highest BCUT2D eigenvalue weighted by atomic mass is 32.1. The molecular weight excluding hydrogens is 388 g/mol. The Morgan fingerprint density at radius 3 is 3.14 bits per heavy atom. The van der Waals surface area contributed by atoms with Crippen molar-refractivity contribution in [3.8, 4) is 28.1 Å². The normalized spacial score (nSPS) is 18.5. The van der Waals surface area contributed by atoms with Gasteiger partial charge in [-0.1, -0.05) is 6.07 Å². The van der Waals surface area contributed by atoms with Gasteiger partial charge in [-0.05, 0) is 36.5 Å². The Bertz CT molecular complexity index is 1030. The number of hydrogen-bond acceptors (Lipinski definition) is 6. The summed E-state index contributed by atoms with van der Waals surface area (Å²) in [6, 6.07) is 6.05. The number of nitrogens with zero attached hydrogens (tertiary/aromatic N) is 3. The molecule has 0 saturated carbocycles. The maximum atomic E-state index is 13.0. The second-order valence-corrected chi connectivity index (χ2v) is 8.61. The first-order valence-corrected chi connectivity index (χ1v) is 10.7. The van der Waals surface area contributed by atoms with Crippen molar-refractivity contribution in [2.45, 2.75) is 19.3 Å². The molecule has 2 N–H and O–H groups in total. The standard InChI is InChI=1S/C21H22N4O3S/c26-12-13-2-1-6-25(11-13)21(27)20-24-19-16-4-3-14(15-9-22-23-10-15)8-17(16)28-7-5-18(19)29-20/h3-4,8-10,13,26H,1-2,5-7,11-12H2,(H,22,23)/t13-/m1/s1. The Morgan fingerprint density at radius 1 is 1.38 bits per heavy atom. The van der Waals surface area contributed by atoms with Crippen LogP contribution in [-0.4, -0.2) is 57.4 Å². The van der Waals surface area contributed by atoms with Gasteiger partial charge in [0.2, 0.25) is 0 Å². The Kier molecular flexibility index (Phi) is 4.81. The molecule has 29 heavy (non-hydrogen) atoms. The topological polar surface area (TPSA) is 91.3 Å². The molecule has 1 amide bonds. The van der Waals surface area contributed by atoms with Crippen molar-refractivity contribution >= 4 is 17.2 Å². The van der Waals surface area contributed by atoms with Crippen LogP contribution in [0.1, 0.15) is 27.5 Å². The summed E-state index contributed by atoms with van der Waals surface area (Å²) in [4.78, 5) is 20.7. The molecule has 4 heterocycles. The summed E-state index contributed by atoms with van der Waals surface area (Å²) >= 11 is 1.46. The van der Waals surface area contributed by atoms with Crippen LogP contribution in [0.15, 0.2) is 30.6 Å². The van der Waals surface area contributed by atoms with Gasteiger partial charge in [-0.3, -0.25) is 9.89 Å². The van der Waals surface area contributed by atoms with Crippen molar-refractivity contribution in [3.63, 3.8) is 0 Å². The number of H-pyrrole nitrogens is 1. The molecule has 0 spiro atoms. The van der Waals surface area contributed by atoms with Gasteiger partial charge in [0.05, 0.1) is 18.5 Å². The number of fused-ring (bicyclic) bond motifs is 3. The third-order valence-electron chi connectivity index (χ3n) is 5.60. The van der Waals surface area contributed by atoms with Gasteiger partial charge < -0.3 is 14.7 Å². The van der Waals surface area contributed by atoms with E-state index in [2.05, 4.69) is 10.2 Å². The zero-order valence-corrected chi connectivity index (χ0v) is 16.7. The van der Waals surface area contributed by atoms with Gasteiger partial charge in [0.15, 0.2) is 5.01 Å². The monoisotopic (exact) mass is 410 g/mol. The number of aromatic nitrogens is 3. The zero-order valence-electron chi connectivity index (χ0n) is 15.9. The van der Waals surface area contributed by atoms with E-state index in [1.54, 1.807) is 6.20 Å². The molecule has 1 aromatic carbocycles. The molecule has 5 rings (SSSR count). The summed E-state index contributed by atoms with van der Waals surface area (Å²) in [5, 5.41) is 16.8. The first-order chi connectivity index (χ1) is 14.2. The molecule has 1 fully saturated rings. The fourth-order valence-corrected chi connectivity index (χ4v) is 5.06. The number of likely N-dealkylation sites (tertiary alicyclic amines) is 1. The third kappa shape index (κ3) is 3.42. The van der Waals surface area contributed by atoms with Gasteiger partial charge in [0.1, 0.15) is 5.75 Å². The number of carbonyl (C=O) groups is 1. The van der Waals surface area contributed by atoms with E-state index >= 15 is 0 Å². The molecule has 0 radical (unpaired) electrons. The number of piperidine rings is 1. The van der Waals surface area contributed by atoms with E-state index in [9.17, 15) is 9.90 Å². The van der Waals surface area contributed by atoms with Gasteiger partial charge in [0, 0.05) is 48.3 Å². The lowest BCUT2D eigenvalue weighted by atomic mass is 9.99. The minimum Gasteiger partial charge on any atom is -0.492 e. The Hall–Kier alpha value is -2.71. The van der Waals surface area contributed by atoms with Crippen molar-refractivity contribution in [2.24, 2.45) is 5.92 Å². The fourth-order valence-electron chi connectivity index (χ4n) is 4.04. The highest BCUT2D eigenvalue weighted by molar-refractivity contribution is 7.14. The van der Waals surface area contributed by atoms with Crippen molar-refractivity contribution in [1.29, 1.82) is 0 Å². The number of aliphatic hydroxyl groups is 1. The van der Waals surface area contributed by atoms with Crippen LogP contribution in [0.5, 0.6) is 5.75 Å². The van der Waals surface area contributed by atoms with Gasteiger partial charge >= 0.3 is 0 Å². The lowest BCUT2D eigenvalue weighted by Gasteiger charge is -2.31. The molecule has 2 aliphatic heterocycles. The number of ether oxygens (including phenoxy) is 1. The van der Waals surface area contributed by atoms with Gasteiger partial charge in [-0.2, -0.15) is 5.10 Å². The maximum Gasteiger partial charge on any atom is 0.282 e. The van der Waals surface area contributed by atoms with Gasteiger partial charge in [0.25, 0.3) is 5.91 Å². The second-order valence-electron chi connectivity index (χ2n) is 7.53. The first-order valence-electron chi connectivity index (χ1n) is 9.89. The van der Waals surface area contributed by atoms with Crippen LogP contribution in [-0.2, 0) is 6.42 Å². The molecule has 3 aromatic rings. The number of rotatable bonds is 3. The Labute approximate surface area is 172 Å². The Morgan fingerprint density at radius 2 is 2.31 bits per heavy atom. The fraction of sp³-hybridized carbons (Fsp3) is 0.381. The summed E-state index contributed by atoms with van der Waals surface area (Å²) < 4.78 is 5.99. The molecule has 1 atom stereocenters. The van der Waals surface area contributed by atoms with E-state index in [-0.39, 0.29) is 18.4 Å². The molecule has 2 aromatic heterocycles. The van der Waals surface area contributed by atoms with Gasteiger partial charge in [-0.25, -0.2) is 4.98 Å². The maximum absolute atomic E-state index is 13.0. The predicted molar refractivity (Wildman–Crippen MR) is 110 cm³/mol. The van der Waals surface area contributed by atoms with E-state index in [0.717, 1.165) is 58.8 Å². The van der Waals surface area contributed by atoms with E-state index in [1.807, 2.05) is 29.3 Å². The molecular formula is C21H22N4O3S. The number of amides is 1. The third-order valence-corrected chi connectivity index (χ3v) is 6.70. The summed E-state index contributed by atoms with van der Waals surface area (Å²) in [7, 11) is 0. The first kappa shape index (κ1) is 18.3. The zero-order chi connectivity index (χ0) is 19.8. The number of aliphatic hydroxyl groups excluding tert-OH is 1.